The maximum Gasteiger partial charge on any atom is 0.184 e. The fourth-order valence-electron chi connectivity index (χ4n) is 4.61. The third-order valence-electron chi connectivity index (χ3n) is 6.68. The van der Waals surface area contributed by atoms with Crippen molar-refractivity contribution in [3.05, 3.63) is 69.5 Å². The number of benzene rings is 2. The van der Waals surface area contributed by atoms with Gasteiger partial charge in [-0.1, -0.05) is 68.2 Å². The molecule has 0 saturated heterocycles. The Morgan fingerprint density at radius 3 is 2.47 bits per heavy atom. The number of para-hydroxylation sites is 1. The second kappa shape index (κ2) is 8.95. The molecule has 1 aliphatic carbocycles. The molecule has 5 nitrogen and oxygen atoms in total. The molecule has 2 aromatic carbocycles. The smallest absolute Gasteiger partial charge is 0.184 e. The number of halogens is 2. The molecule has 3 aromatic rings. The maximum absolute atomic E-state index is 6.43. The van der Waals surface area contributed by atoms with Gasteiger partial charge in [-0.05, 0) is 78.1 Å². The van der Waals surface area contributed by atoms with Crippen LogP contribution in [0.3, 0.4) is 0 Å². The zero-order valence-electron chi connectivity index (χ0n) is 19.0. The predicted molar refractivity (Wildman–Crippen MR) is 131 cm³/mol. The van der Waals surface area contributed by atoms with Gasteiger partial charge in [0.15, 0.2) is 5.82 Å². The molecule has 0 unspecified atom stereocenters. The van der Waals surface area contributed by atoms with Gasteiger partial charge in [0.25, 0.3) is 0 Å². The number of hydrogen-bond acceptors (Lipinski definition) is 4. The van der Waals surface area contributed by atoms with Crippen LogP contribution in [0.15, 0.2) is 47.5 Å². The molecule has 32 heavy (non-hydrogen) atoms. The summed E-state index contributed by atoms with van der Waals surface area (Å²) in [6.45, 7) is 9.02. The highest BCUT2D eigenvalue weighted by molar-refractivity contribution is 6.36. The Hall–Kier alpha value is -2.24. The van der Waals surface area contributed by atoms with E-state index in [2.05, 4.69) is 49.3 Å². The molecule has 1 aromatic heterocycles. The normalized spacial score (nSPS) is 21.9. The molecule has 0 aliphatic heterocycles. The lowest BCUT2D eigenvalue weighted by Gasteiger charge is -2.41. The lowest BCUT2D eigenvalue weighted by atomic mass is 9.67. The fourth-order valence-corrected chi connectivity index (χ4v) is 5.07. The van der Waals surface area contributed by atoms with E-state index in [1.165, 1.54) is 0 Å². The van der Waals surface area contributed by atoms with Crippen LogP contribution < -0.4 is 0 Å². The lowest BCUT2D eigenvalue weighted by Crippen LogP contribution is -2.36. The van der Waals surface area contributed by atoms with Gasteiger partial charge in [0.2, 0.25) is 0 Å². The molecule has 1 fully saturated rings. The van der Waals surface area contributed by atoms with Crippen molar-refractivity contribution >= 4 is 29.4 Å². The molecule has 0 radical (unpaired) electrons. The zero-order chi connectivity index (χ0) is 22.9. The van der Waals surface area contributed by atoms with Gasteiger partial charge in [-0.15, -0.1) is 5.10 Å². The molecule has 1 aliphatic rings. The predicted octanol–water partition coefficient (Wildman–Crippen LogP) is 6.83. The molecule has 7 heteroatoms. The van der Waals surface area contributed by atoms with Crippen molar-refractivity contribution < 1.29 is 0 Å². The Morgan fingerprint density at radius 1 is 1.09 bits per heavy atom. The minimum Gasteiger partial charge on any atom is -0.278 e. The third kappa shape index (κ3) is 4.60. The van der Waals surface area contributed by atoms with Gasteiger partial charge in [-0.2, -0.15) is 4.68 Å². The molecule has 0 atom stereocenters. The quantitative estimate of drug-likeness (QED) is 0.393. The number of rotatable bonds is 4. The molecule has 1 heterocycles. The molecule has 168 valence electrons. The van der Waals surface area contributed by atoms with Crippen molar-refractivity contribution in [2.24, 2.45) is 16.3 Å². The number of tetrazole rings is 1. The van der Waals surface area contributed by atoms with Gasteiger partial charge in [0.1, 0.15) is 5.54 Å². The molecular weight excluding hydrogens is 441 g/mol. The first-order chi connectivity index (χ1) is 15.2. The molecule has 0 N–H and O–H groups in total. The van der Waals surface area contributed by atoms with E-state index in [4.69, 9.17) is 28.2 Å². The number of aliphatic imine (C=N–C) groups is 1. The van der Waals surface area contributed by atoms with Gasteiger partial charge in [0.05, 0.1) is 10.7 Å². The van der Waals surface area contributed by atoms with E-state index in [9.17, 15) is 0 Å². The Kier molecular flexibility index (Phi) is 6.42. The lowest BCUT2D eigenvalue weighted by molar-refractivity contribution is 0.130. The van der Waals surface area contributed by atoms with Gasteiger partial charge in [0, 0.05) is 16.8 Å². The topological polar surface area (TPSA) is 56.0 Å². The van der Waals surface area contributed by atoms with E-state index in [0.29, 0.717) is 16.0 Å². The Bertz CT molecular complexity index is 1120. The monoisotopic (exact) mass is 469 g/mol. The second-order valence-electron chi connectivity index (χ2n) is 9.80. The van der Waals surface area contributed by atoms with Gasteiger partial charge >= 0.3 is 0 Å². The van der Waals surface area contributed by atoms with Crippen LogP contribution in [0, 0.1) is 18.3 Å². The van der Waals surface area contributed by atoms with Crippen molar-refractivity contribution in [1.29, 1.82) is 0 Å². The zero-order valence-corrected chi connectivity index (χ0v) is 20.5. The fraction of sp³-hybridized carbons (Fsp3) is 0.440. The number of nitrogens with zero attached hydrogens (tertiary/aromatic N) is 5. The van der Waals surface area contributed by atoms with Crippen LogP contribution in [0.25, 0.3) is 5.69 Å². The SMILES string of the molecule is Cc1ccccc1-n1nnnc1C1(N=Cc2ccc(Cl)cc2Cl)CCC(C(C)(C)C)CC1. The second-order valence-corrected chi connectivity index (χ2v) is 10.6. The van der Waals surface area contributed by atoms with E-state index in [1.807, 2.05) is 41.2 Å². The third-order valence-corrected chi connectivity index (χ3v) is 7.24. The van der Waals surface area contributed by atoms with Crippen LogP contribution in [0.1, 0.15) is 63.4 Å². The largest absolute Gasteiger partial charge is 0.278 e. The van der Waals surface area contributed by atoms with Crippen molar-refractivity contribution in [3.8, 4) is 5.69 Å². The number of aryl methyl sites for hydroxylation is 1. The summed E-state index contributed by atoms with van der Waals surface area (Å²) in [6, 6.07) is 13.6. The molecule has 1 saturated carbocycles. The van der Waals surface area contributed by atoms with E-state index in [-0.39, 0.29) is 5.41 Å². The van der Waals surface area contributed by atoms with E-state index in [1.54, 1.807) is 6.07 Å². The van der Waals surface area contributed by atoms with Crippen molar-refractivity contribution in [2.75, 3.05) is 0 Å². The molecule has 0 amide bonds. The van der Waals surface area contributed by atoms with Crippen LogP contribution in [-0.2, 0) is 5.54 Å². The number of aromatic nitrogens is 4. The van der Waals surface area contributed by atoms with E-state index >= 15 is 0 Å². The standard InChI is InChI=1S/C25H29Cl2N5/c1-17-7-5-6-8-22(17)32-23(29-30-31-32)25(13-11-19(12-14-25)24(2,3)4)28-16-18-9-10-20(26)15-21(18)27/h5-10,15-16,19H,11-14H2,1-4H3. The summed E-state index contributed by atoms with van der Waals surface area (Å²) in [5.41, 5.74) is 2.67. The summed E-state index contributed by atoms with van der Waals surface area (Å²) < 4.78 is 1.85. The van der Waals surface area contributed by atoms with Crippen molar-refractivity contribution in [3.63, 3.8) is 0 Å². The molecular formula is C25H29Cl2N5. The van der Waals surface area contributed by atoms with Crippen molar-refractivity contribution in [2.45, 2.75) is 58.9 Å². The summed E-state index contributed by atoms with van der Waals surface area (Å²) in [5.74, 6) is 1.41. The Labute approximate surface area is 199 Å². The van der Waals surface area contributed by atoms with E-state index in [0.717, 1.165) is 48.3 Å². The highest BCUT2D eigenvalue weighted by atomic mass is 35.5. The number of hydrogen-bond donors (Lipinski definition) is 0. The van der Waals surface area contributed by atoms with Crippen LogP contribution in [-0.4, -0.2) is 26.4 Å². The van der Waals surface area contributed by atoms with Crippen LogP contribution >= 0.6 is 23.2 Å². The van der Waals surface area contributed by atoms with Gasteiger partial charge in [-0.25, -0.2) is 0 Å². The molecule has 0 bridgehead atoms. The van der Waals surface area contributed by atoms with Gasteiger partial charge < -0.3 is 0 Å². The van der Waals surface area contributed by atoms with Gasteiger partial charge in [-0.3, -0.25) is 4.99 Å². The first-order valence-corrected chi connectivity index (χ1v) is 11.8. The minimum absolute atomic E-state index is 0.261. The van der Waals surface area contributed by atoms with Crippen LogP contribution in [0.2, 0.25) is 10.0 Å². The van der Waals surface area contributed by atoms with Crippen molar-refractivity contribution in [1.82, 2.24) is 20.2 Å². The average molecular weight is 470 g/mol. The highest BCUT2D eigenvalue weighted by Gasteiger charge is 2.43. The summed E-state index contributed by atoms with van der Waals surface area (Å²) >= 11 is 12.5. The first-order valence-electron chi connectivity index (χ1n) is 11.0. The summed E-state index contributed by atoms with van der Waals surface area (Å²) in [6.07, 6.45) is 5.74. The molecule has 0 spiro atoms. The maximum atomic E-state index is 6.43. The van der Waals surface area contributed by atoms with Crippen LogP contribution in [0.4, 0.5) is 0 Å². The van der Waals surface area contributed by atoms with Crippen LogP contribution in [0.5, 0.6) is 0 Å². The minimum atomic E-state index is -0.517. The summed E-state index contributed by atoms with van der Waals surface area (Å²) in [5, 5.41) is 14.1. The summed E-state index contributed by atoms with van der Waals surface area (Å²) in [4.78, 5) is 5.13. The Balaban J connectivity index is 1.77. The Morgan fingerprint density at radius 2 is 1.81 bits per heavy atom. The first kappa shape index (κ1) is 22.9. The summed E-state index contributed by atoms with van der Waals surface area (Å²) in [7, 11) is 0. The highest BCUT2D eigenvalue weighted by Crippen LogP contribution is 2.47. The molecule has 4 rings (SSSR count). The average Bonchev–Trinajstić information content (AvgIpc) is 3.23. The van der Waals surface area contributed by atoms with E-state index < -0.39 is 5.54 Å².